The predicted molar refractivity (Wildman–Crippen MR) is 81.6 cm³/mol. The Kier molecular flexibility index (Phi) is 3.78. The van der Waals surface area contributed by atoms with Crippen LogP contribution in [0, 0.1) is 0 Å². The maximum absolute atomic E-state index is 4.26. The maximum atomic E-state index is 4.26. The second-order valence-corrected chi connectivity index (χ2v) is 4.86. The molecule has 0 spiro atoms. The highest BCUT2D eigenvalue weighted by Crippen LogP contribution is 2.23. The highest BCUT2D eigenvalue weighted by Gasteiger charge is 2.11. The number of anilines is 3. The van der Waals surface area contributed by atoms with Gasteiger partial charge in [0.25, 0.3) is 0 Å². The molecule has 104 valence electrons. The lowest BCUT2D eigenvalue weighted by Crippen LogP contribution is -2.43. The number of rotatable bonds is 3. The van der Waals surface area contributed by atoms with E-state index in [1.54, 1.807) is 12.4 Å². The van der Waals surface area contributed by atoms with E-state index < -0.39 is 0 Å². The summed E-state index contributed by atoms with van der Waals surface area (Å²) >= 11 is 0. The SMILES string of the molecule is CN(c1ccc(N2CCNCC2)cc1)c1ncccn1. The molecule has 0 saturated carbocycles. The van der Waals surface area contributed by atoms with Crippen molar-refractivity contribution in [2.45, 2.75) is 0 Å². The summed E-state index contributed by atoms with van der Waals surface area (Å²) < 4.78 is 0. The van der Waals surface area contributed by atoms with Crippen molar-refractivity contribution in [3.8, 4) is 0 Å². The highest BCUT2D eigenvalue weighted by atomic mass is 15.2. The van der Waals surface area contributed by atoms with Crippen molar-refractivity contribution in [2.24, 2.45) is 0 Å². The fourth-order valence-corrected chi connectivity index (χ4v) is 2.39. The molecule has 0 amide bonds. The van der Waals surface area contributed by atoms with Crippen LogP contribution in [0.1, 0.15) is 0 Å². The van der Waals surface area contributed by atoms with E-state index in [9.17, 15) is 0 Å². The van der Waals surface area contributed by atoms with Crippen LogP contribution in [0.25, 0.3) is 0 Å². The van der Waals surface area contributed by atoms with Gasteiger partial charge >= 0.3 is 0 Å². The Balaban J connectivity index is 1.75. The first kappa shape index (κ1) is 12.9. The summed E-state index contributed by atoms with van der Waals surface area (Å²) in [4.78, 5) is 12.9. The second kappa shape index (κ2) is 5.88. The Labute approximate surface area is 119 Å². The van der Waals surface area contributed by atoms with Crippen molar-refractivity contribution in [1.82, 2.24) is 15.3 Å². The standard InChI is InChI=1S/C15H19N5/c1-19(15-17-7-2-8-18-15)13-3-5-14(6-4-13)20-11-9-16-10-12-20/h2-8,16H,9-12H2,1H3. The van der Waals surface area contributed by atoms with Gasteiger partial charge in [0.1, 0.15) is 0 Å². The Bertz CT molecular complexity index is 534. The molecule has 1 aliphatic rings. The van der Waals surface area contributed by atoms with Crippen molar-refractivity contribution >= 4 is 17.3 Å². The molecule has 1 aromatic carbocycles. The molecular weight excluding hydrogens is 250 g/mol. The summed E-state index contributed by atoms with van der Waals surface area (Å²) in [6.07, 6.45) is 3.52. The van der Waals surface area contributed by atoms with Crippen LogP contribution in [-0.4, -0.2) is 43.2 Å². The third kappa shape index (κ3) is 2.72. The quantitative estimate of drug-likeness (QED) is 0.918. The molecule has 0 aliphatic carbocycles. The molecule has 0 radical (unpaired) electrons. The smallest absolute Gasteiger partial charge is 0.229 e. The fraction of sp³-hybridized carbons (Fsp3) is 0.333. The van der Waals surface area contributed by atoms with E-state index in [4.69, 9.17) is 0 Å². The van der Waals surface area contributed by atoms with Crippen molar-refractivity contribution < 1.29 is 0 Å². The average Bonchev–Trinajstić information content (AvgIpc) is 2.56. The number of nitrogens with one attached hydrogen (secondary N) is 1. The van der Waals surface area contributed by atoms with Gasteiger partial charge in [-0.1, -0.05) is 0 Å². The Morgan fingerprint density at radius 1 is 1.05 bits per heavy atom. The van der Waals surface area contributed by atoms with Gasteiger partial charge in [-0.3, -0.25) is 0 Å². The summed E-state index contributed by atoms with van der Waals surface area (Å²) in [5.41, 5.74) is 2.37. The van der Waals surface area contributed by atoms with E-state index in [2.05, 4.69) is 44.5 Å². The molecule has 1 aromatic heterocycles. The van der Waals surface area contributed by atoms with Crippen LogP contribution >= 0.6 is 0 Å². The first-order chi connectivity index (χ1) is 9.84. The summed E-state index contributed by atoms with van der Waals surface area (Å²) in [7, 11) is 1.98. The molecule has 20 heavy (non-hydrogen) atoms. The molecule has 0 bridgehead atoms. The molecule has 1 saturated heterocycles. The van der Waals surface area contributed by atoms with Crippen LogP contribution in [0.5, 0.6) is 0 Å². The van der Waals surface area contributed by atoms with Crippen LogP contribution in [0.2, 0.25) is 0 Å². The highest BCUT2D eigenvalue weighted by molar-refractivity contribution is 5.61. The molecule has 2 heterocycles. The van der Waals surface area contributed by atoms with Crippen molar-refractivity contribution in [3.05, 3.63) is 42.7 Å². The molecule has 5 nitrogen and oxygen atoms in total. The zero-order chi connectivity index (χ0) is 13.8. The lowest BCUT2D eigenvalue weighted by molar-refractivity contribution is 0.589. The van der Waals surface area contributed by atoms with Crippen LogP contribution in [0.15, 0.2) is 42.7 Å². The lowest BCUT2D eigenvalue weighted by atomic mass is 10.2. The van der Waals surface area contributed by atoms with E-state index in [1.807, 2.05) is 18.0 Å². The summed E-state index contributed by atoms with van der Waals surface area (Å²) in [5.74, 6) is 0.711. The minimum Gasteiger partial charge on any atom is -0.369 e. The predicted octanol–water partition coefficient (Wildman–Crippen LogP) is 1.65. The molecule has 1 fully saturated rings. The van der Waals surface area contributed by atoms with Crippen molar-refractivity contribution in [2.75, 3.05) is 43.0 Å². The van der Waals surface area contributed by atoms with Crippen molar-refractivity contribution in [1.29, 1.82) is 0 Å². The summed E-state index contributed by atoms with van der Waals surface area (Å²) in [6.45, 7) is 4.24. The number of nitrogens with zero attached hydrogens (tertiary/aromatic N) is 4. The Morgan fingerprint density at radius 3 is 2.35 bits per heavy atom. The van der Waals surface area contributed by atoms with Gasteiger partial charge < -0.3 is 15.1 Å². The molecule has 2 aromatic rings. The fourth-order valence-electron chi connectivity index (χ4n) is 2.39. The van der Waals surface area contributed by atoms with E-state index in [-0.39, 0.29) is 0 Å². The molecule has 1 N–H and O–H groups in total. The van der Waals surface area contributed by atoms with Gasteiger partial charge in [-0.2, -0.15) is 0 Å². The molecule has 3 rings (SSSR count). The van der Waals surface area contributed by atoms with Crippen molar-refractivity contribution in [3.63, 3.8) is 0 Å². The van der Waals surface area contributed by atoms with Crippen LogP contribution in [0.4, 0.5) is 17.3 Å². The number of benzene rings is 1. The lowest BCUT2D eigenvalue weighted by Gasteiger charge is -2.29. The van der Waals surface area contributed by atoms with Gasteiger partial charge in [0.2, 0.25) is 5.95 Å². The van der Waals surface area contributed by atoms with Crippen LogP contribution in [0.3, 0.4) is 0 Å². The van der Waals surface area contributed by atoms with E-state index >= 15 is 0 Å². The number of aromatic nitrogens is 2. The average molecular weight is 269 g/mol. The first-order valence-corrected chi connectivity index (χ1v) is 6.91. The minimum absolute atomic E-state index is 0.711. The molecule has 0 unspecified atom stereocenters. The zero-order valence-electron chi connectivity index (χ0n) is 11.7. The topological polar surface area (TPSA) is 44.3 Å². The summed E-state index contributed by atoms with van der Waals surface area (Å²) in [5, 5.41) is 3.37. The largest absolute Gasteiger partial charge is 0.369 e. The third-order valence-electron chi connectivity index (χ3n) is 3.57. The summed E-state index contributed by atoms with van der Waals surface area (Å²) in [6, 6.07) is 10.4. The van der Waals surface area contributed by atoms with Gasteiger partial charge in [-0.05, 0) is 30.3 Å². The Morgan fingerprint density at radius 2 is 1.70 bits per heavy atom. The molecule has 5 heteroatoms. The maximum Gasteiger partial charge on any atom is 0.229 e. The van der Waals surface area contributed by atoms with Gasteiger partial charge in [0.05, 0.1) is 0 Å². The van der Waals surface area contributed by atoms with Crippen LogP contribution in [-0.2, 0) is 0 Å². The van der Waals surface area contributed by atoms with Gasteiger partial charge in [-0.15, -0.1) is 0 Å². The monoisotopic (exact) mass is 269 g/mol. The molecular formula is C15H19N5. The van der Waals surface area contributed by atoms with Gasteiger partial charge in [-0.25, -0.2) is 9.97 Å². The van der Waals surface area contributed by atoms with E-state index in [0.29, 0.717) is 5.95 Å². The van der Waals surface area contributed by atoms with Gasteiger partial charge in [0.15, 0.2) is 0 Å². The van der Waals surface area contributed by atoms with E-state index in [1.165, 1.54) is 5.69 Å². The third-order valence-corrected chi connectivity index (χ3v) is 3.57. The van der Waals surface area contributed by atoms with Gasteiger partial charge in [0, 0.05) is 57.0 Å². The molecule has 1 aliphatic heterocycles. The molecule has 0 atom stereocenters. The number of hydrogen-bond acceptors (Lipinski definition) is 5. The Hall–Kier alpha value is -2.14. The van der Waals surface area contributed by atoms with Crippen LogP contribution < -0.4 is 15.1 Å². The van der Waals surface area contributed by atoms with E-state index in [0.717, 1.165) is 31.9 Å². The minimum atomic E-state index is 0.711. The first-order valence-electron chi connectivity index (χ1n) is 6.91. The number of piperazine rings is 1. The zero-order valence-corrected chi connectivity index (χ0v) is 11.7. The number of hydrogen-bond donors (Lipinski definition) is 1. The second-order valence-electron chi connectivity index (χ2n) is 4.86. The normalized spacial score (nSPS) is 15.2.